The van der Waals surface area contributed by atoms with Crippen LogP contribution in [-0.2, 0) is 6.42 Å². The molecule has 0 amide bonds. The number of methoxy groups -OCH3 is 1. The van der Waals surface area contributed by atoms with Gasteiger partial charge in [0.2, 0.25) is 0 Å². The Morgan fingerprint density at radius 2 is 1.65 bits per heavy atom. The molecule has 0 aliphatic heterocycles. The van der Waals surface area contributed by atoms with Crippen LogP contribution in [0.5, 0.6) is 5.75 Å². The molecule has 34 heavy (non-hydrogen) atoms. The summed E-state index contributed by atoms with van der Waals surface area (Å²) in [4.78, 5) is 0. The summed E-state index contributed by atoms with van der Waals surface area (Å²) in [7, 11) is 1.64. The van der Waals surface area contributed by atoms with E-state index in [0.717, 1.165) is 28.9 Å². The molecule has 0 saturated carbocycles. The van der Waals surface area contributed by atoms with Crippen molar-refractivity contribution in [2.75, 3.05) is 7.11 Å². The second kappa shape index (κ2) is 11.2. The fourth-order valence-electron chi connectivity index (χ4n) is 4.26. The molecule has 0 aromatic heterocycles. The lowest BCUT2D eigenvalue weighted by atomic mass is 9.79. The number of nitrogens with one attached hydrogen (secondary N) is 1. The summed E-state index contributed by atoms with van der Waals surface area (Å²) >= 11 is 6.10. The maximum atomic E-state index is 9.96. The maximum Gasteiger partial charge on any atom is 0.118 e. The third kappa shape index (κ3) is 6.17. The second-order valence-electron chi connectivity index (χ2n) is 9.17. The lowest BCUT2D eigenvalue weighted by Crippen LogP contribution is -2.42. The van der Waals surface area contributed by atoms with Gasteiger partial charge in [0.1, 0.15) is 5.75 Å². The molecule has 3 aromatic rings. The normalized spacial score (nSPS) is 13.9. The fourth-order valence-corrected chi connectivity index (χ4v) is 4.38. The van der Waals surface area contributed by atoms with Gasteiger partial charge in [0.05, 0.1) is 36.3 Å². The van der Waals surface area contributed by atoms with Gasteiger partial charge >= 0.3 is 0 Å². The molecule has 2 unspecified atom stereocenters. The maximum absolute atomic E-state index is 9.96. The predicted octanol–water partition coefficient (Wildman–Crippen LogP) is 6.82. The molecule has 0 saturated heterocycles. The average molecular weight is 472 g/mol. The SMILES string of the molecule is COc1ccc([C@H](NC(C)C(Cc2ccc(Cl)cc2)c2cccc(C#N)c2)C(C)(C)C#N)cc1. The number of halogens is 1. The van der Waals surface area contributed by atoms with E-state index in [9.17, 15) is 10.5 Å². The Morgan fingerprint density at radius 3 is 2.24 bits per heavy atom. The van der Waals surface area contributed by atoms with Crippen LogP contribution in [0, 0.1) is 28.1 Å². The lowest BCUT2D eigenvalue weighted by molar-refractivity contribution is 0.281. The third-order valence-electron chi connectivity index (χ3n) is 6.30. The van der Waals surface area contributed by atoms with Crippen molar-refractivity contribution < 1.29 is 4.74 Å². The molecule has 3 rings (SSSR count). The molecule has 3 atom stereocenters. The first-order chi connectivity index (χ1) is 16.3. The van der Waals surface area contributed by atoms with Crippen LogP contribution in [0.1, 0.15) is 55.0 Å². The van der Waals surface area contributed by atoms with Crippen molar-refractivity contribution in [3.05, 3.63) is 100 Å². The molecular formula is C29H30ClN3O. The van der Waals surface area contributed by atoms with Crippen LogP contribution < -0.4 is 10.1 Å². The predicted molar refractivity (Wildman–Crippen MR) is 137 cm³/mol. The highest BCUT2D eigenvalue weighted by atomic mass is 35.5. The van der Waals surface area contributed by atoms with Crippen LogP contribution in [0.25, 0.3) is 0 Å². The molecule has 0 fully saturated rings. The van der Waals surface area contributed by atoms with Crippen LogP contribution in [0.4, 0.5) is 0 Å². The molecule has 1 N–H and O–H groups in total. The zero-order valence-corrected chi connectivity index (χ0v) is 20.8. The average Bonchev–Trinajstić information content (AvgIpc) is 2.86. The fraction of sp³-hybridized carbons (Fsp3) is 0.310. The topological polar surface area (TPSA) is 68.8 Å². The van der Waals surface area contributed by atoms with Gasteiger partial charge in [0.25, 0.3) is 0 Å². The van der Waals surface area contributed by atoms with Crippen LogP contribution in [0.2, 0.25) is 5.02 Å². The van der Waals surface area contributed by atoms with E-state index in [-0.39, 0.29) is 18.0 Å². The zero-order chi connectivity index (χ0) is 24.7. The minimum absolute atomic E-state index is 0.00403. The van der Waals surface area contributed by atoms with Crippen LogP contribution in [-0.4, -0.2) is 13.2 Å². The number of benzene rings is 3. The van der Waals surface area contributed by atoms with Crippen molar-refractivity contribution in [3.8, 4) is 17.9 Å². The van der Waals surface area contributed by atoms with Crippen molar-refractivity contribution >= 4 is 11.6 Å². The number of hydrogen-bond acceptors (Lipinski definition) is 4. The lowest BCUT2D eigenvalue weighted by Gasteiger charge is -2.35. The first kappa shape index (κ1) is 25.3. The third-order valence-corrected chi connectivity index (χ3v) is 6.56. The van der Waals surface area contributed by atoms with Gasteiger partial charge in [-0.05, 0) is 80.3 Å². The van der Waals surface area contributed by atoms with Gasteiger partial charge < -0.3 is 10.1 Å². The summed E-state index contributed by atoms with van der Waals surface area (Å²) in [6.07, 6.45) is 0.766. The molecular weight excluding hydrogens is 442 g/mol. The first-order valence-electron chi connectivity index (χ1n) is 11.3. The van der Waals surface area contributed by atoms with E-state index in [1.807, 2.05) is 80.6 Å². The number of ether oxygens (including phenoxy) is 1. The number of nitrogens with zero attached hydrogens (tertiary/aromatic N) is 2. The van der Waals surface area contributed by atoms with Gasteiger partial charge in [0.15, 0.2) is 0 Å². The molecule has 0 aliphatic carbocycles. The van der Waals surface area contributed by atoms with Crippen LogP contribution in [0.3, 0.4) is 0 Å². The molecule has 0 radical (unpaired) electrons. The van der Waals surface area contributed by atoms with Crippen molar-refractivity contribution in [1.82, 2.24) is 5.32 Å². The molecule has 0 spiro atoms. The summed E-state index contributed by atoms with van der Waals surface area (Å²) in [5.41, 5.74) is 3.25. The Labute approximate surface area is 207 Å². The summed E-state index contributed by atoms with van der Waals surface area (Å²) in [5.74, 6) is 0.851. The molecule has 0 heterocycles. The van der Waals surface area contributed by atoms with Gasteiger partial charge in [-0.25, -0.2) is 0 Å². The quantitative estimate of drug-likeness (QED) is 0.372. The Balaban J connectivity index is 1.98. The largest absolute Gasteiger partial charge is 0.497 e. The minimum Gasteiger partial charge on any atom is -0.497 e. The van der Waals surface area contributed by atoms with Gasteiger partial charge in [-0.3, -0.25) is 0 Å². The van der Waals surface area contributed by atoms with E-state index in [1.165, 1.54) is 0 Å². The van der Waals surface area contributed by atoms with E-state index in [2.05, 4.69) is 30.4 Å². The van der Waals surface area contributed by atoms with Crippen LogP contribution >= 0.6 is 11.6 Å². The Bertz CT molecular complexity index is 1170. The Kier molecular flexibility index (Phi) is 8.35. The molecule has 3 aromatic carbocycles. The number of rotatable bonds is 9. The number of nitriles is 2. The van der Waals surface area contributed by atoms with Crippen molar-refractivity contribution in [1.29, 1.82) is 10.5 Å². The monoisotopic (exact) mass is 471 g/mol. The molecule has 4 nitrogen and oxygen atoms in total. The first-order valence-corrected chi connectivity index (χ1v) is 11.7. The highest BCUT2D eigenvalue weighted by Gasteiger charge is 2.34. The molecule has 5 heteroatoms. The van der Waals surface area contributed by atoms with Crippen molar-refractivity contribution in [2.45, 2.75) is 45.2 Å². The molecule has 174 valence electrons. The van der Waals surface area contributed by atoms with E-state index in [1.54, 1.807) is 7.11 Å². The van der Waals surface area contributed by atoms with Gasteiger partial charge in [-0.2, -0.15) is 10.5 Å². The van der Waals surface area contributed by atoms with Crippen LogP contribution in [0.15, 0.2) is 72.8 Å². The molecule has 0 bridgehead atoms. The number of hydrogen-bond donors (Lipinski definition) is 1. The standard InChI is InChI=1S/C29H30ClN3O/c1-20(33-28(29(2,3)19-32)23-10-14-26(34-4)15-11-23)27(17-21-8-12-25(30)13-9-21)24-7-5-6-22(16-24)18-31/h5-16,20,27-28,33H,17H2,1-4H3/t20?,27?,28-/m0/s1. The van der Waals surface area contributed by atoms with E-state index < -0.39 is 5.41 Å². The molecule has 0 aliphatic rings. The highest BCUT2D eigenvalue weighted by molar-refractivity contribution is 6.30. The van der Waals surface area contributed by atoms with Crippen molar-refractivity contribution in [3.63, 3.8) is 0 Å². The van der Waals surface area contributed by atoms with E-state index >= 15 is 0 Å². The summed E-state index contributed by atoms with van der Waals surface area (Å²) in [6, 6.07) is 28.0. The summed E-state index contributed by atoms with van der Waals surface area (Å²) < 4.78 is 5.31. The van der Waals surface area contributed by atoms with E-state index in [4.69, 9.17) is 16.3 Å². The van der Waals surface area contributed by atoms with Gasteiger partial charge in [0, 0.05) is 17.0 Å². The Hall–Kier alpha value is -3.31. The highest BCUT2D eigenvalue weighted by Crippen LogP contribution is 2.36. The zero-order valence-electron chi connectivity index (χ0n) is 20.0. The van der Waals surface area contributed by atoms with Gasteiger partial charge in [-0.15, -0.1) is 0 Å². The summed E-state index contributed by atoms with van der Waals surface area (Å²) in [6.45, 7) is 6.04. The van der Waals surface area contributed by atoms with E-state index in [0.29, 0.717) is 10.6 Å². The Morgan fingerprint density at radius 1 is 0.971 bits per heavy atom. The smallest absolute Gasteiger partial charge is 0.118 e. The summed E-state index contributed by atoms with van der Waals surface area (Å²) in [5, 5.41) is 23.9. The van der Waals surface area contributed by atoms with Gasteiger partial charge in [-0.1, -0.05) is 48.0 Å². The second-order valence-corrected chi connectivity index (χ2v) is 9.61. The minimum atomic E-state index is -0.651. The van der Waals surface area contributed by atoms with Crippen molar-refractivity contribution in [2.24, 2.45) is 5.41 Å².